The number of hydrogen-bond donors (Lipinski definition) is 3. The third-order valence-electron chi connectivity index (χ3n) is 2.66. The van der Waals surface area contributed by atoms with Crippen LogP contribution in [0.2, 0.25) is 0 Å². The lowest BCUT2D eigenvalue weighted by atomic mass is 10.1. The van der Waals surface area contributed by atoms with Crippen molar-refractivity contribution in [2.24, 2.45) is 10.3 Å². The molecule has 3 N–H and O–H groups in total. The standard InChI is InChI=1S/C13H15BrN4O5/c1-18(17-16-9-4-2-8(14)3-5-9)13(23)15-10(12(21)22)6-7-11(19)20/h2-5,10H,6-7H2,1H3,(H,15,23)(H,19,20)(H,21,22)/t10-/m0/s1. The number of carbonyl (C=O) groups excluding carboxylic acids is 1. The lowest BCUT2D eigenvalue weighted by Gasteiger charge is -2.16. The van der Waals surface area contributed by atoms with Gasteiger partial charge >= 0.3 is 18.0 Å². The molecule has 0 saturated carbocycles. The van der Waals surface area contributed by atoms with Crippen molar-refractivity contribution >= 4 is 39.6 Å². The van der Waals surface area contributed by atoms with Gasteiger partial charge in [0, 0.05) is 17.9 Å². The molecule has 0 fully saturated rings. The molecule has 0 saturated heterocycles. The van der Waals surface area contributed by atoms with Gasteiger partial charge in [0.1, 0.15) is 6.04 Å². The molecule has 2 amide bonds. The number of rotatable bonds is 7. The zero-order valence-electron chi connectivity index (χ0n) is 12.1. The molecule has 0 heterocycles. The highest BCUT2D eigenvalue weighted by atomic mass is 79.9. The van der Waals surface area contributed by atoms with Crippen LogP contribution in [0.5, 0.6) is 0 Å². The first-order valence-electron chi connectivity index (χ1n) is 6.45. The molecule has 1 rings (SSSR count). The van der Waals surface area contributed by atoms with Gasteiger partial charge in [-0.3, -0.25) is 4.79 Å². The molecule has 0 aliphatic carbocycles. The van der Waals surface area contributed by atoms with E-state index in [0.717, 1.165) is 9.48 Å². The Kier molecular flexibility index (Phi) is 7.13. The van der Waals surface area contributed by atoms with Crippen molar-refractivity contribution in [2.75, 3.05) is 7.05 Å². The van der Waals surface area contributed by atoms with Gasteiger partial charge in [0.05, 0.1) is 5.69 Å². The lowest BCUT2D eigenvalue weighted by Crippen LogP contribution is -2.45. The molecule has 0 aromatic heterocycles. The van der Waals surface area contributed by atoms with Crippen LogP contribution in [0.3, 0.4) is 0 Å². The Morgan fingerprint density at radius 2 is 1.87 bits per heavy atom. The number of halogens is 1. The van der Waals surface area contributed by atoms with Gasteiger partial charge < -0.3 is 15.5 Å². The zero-order chi connectivity index (χ0) is 17.4. The lowest BCUT2D eigenvalue weighted by molar-refractivity contribution is -0.140. The van der Waals surface area contributed by atoms with Crippen molar-refractivity contribution in [3.63, 3.8) is 0 Å². The van der Waals surface area contributed by atoms with Crippen molar-refractivity contribution in [2.45, 2.75) is 18.9 Å². The van der Waals surface area contributed by atoms with Gasteiger partial charge in [-0.1, -0.05) is 21.2 Å². The minimum Gasteiger partial charge on any atom is -0.481 e. The van der Waals surface area contributed by atoms with E-state index in [9.17, 15) is 14.4 Å². The van der Waals surface area contributed by atoms with Crippen LogP contribution in [0.4, 0.5) is 10.5 Å². The van der Waals surface area contributed by atoms with E-state index in [1.54, 1.807) is 24.3 Å². The predicted octanol–water partition coefficient (Wildman–Crippen LogP) is 2.41. The first-order chi connectivity index (χ1) is 10.8. The number of carbonyl (C=O) groups is 3. The second-order valence-electron chi connectivity index (χ2n) is 4.46. The van der Waals surface area contributed by atoms with Crippen molar-refractivity contribution in [3.05, 3.63) is 28.7 Å². The monoisotopic (exact) mass is 386 g/mol. The second-order valence-corrected chi connectivity index (χ2v) is 5.38. The summed E-state index contributed by atoms with van der Waals surface area (Å²) < 4.78 is 0.866. The third-order valence-corrected chi connectivity index (χ3v) is 3.19. The molecule has 0 aliphatic heterocycles. The van der Waals surface area contributed by atoms with E-state index in [0.29, 0.717) is 5.69 Å². The summed E-state index contributed by atoms with van der Waals surface area (Å²) >= 11 is 3.27. The van der Waals surface area contributed by atoms with Crippen LogP contribution in [0.25, 0.3) is 0 Å². The van der Waals surface area contributed by atoms with Crippen molar-refractivity contribution in [1.29, 1.82) is 0 Å². The van der Waals surface area contributed by atoms with Crippen LogP contribution in [-0.2, 0) is 9.59 Å². The Labute approximate surface area is 140 Å². The van der Waals surface area contributed by atoms with Crippen LogP contribution in [0.15, 0.2) is 39.1 Å². The highest BCUT2D eigenvalue weighted by Gasteiger charge is 2.22. The molecule has 0 aliphatic rings. The highest BCUT2D eigenvalue weighted by molar-refractivity contribution is 9.10. The summed E-state index contributed by atoms with van der Waals surface area (Å²) in [5.41, 5.74) is 0.508. The Morgan fingerprint density at radius 3 is 2.39 bits per heavy atom. The molecule has 23 heavy (non-hydrogen) atoms. The topological polar surface area (TPSA) is 132 Å². The number of nitrogens with one attached hydrogen (secondary N) is 1. The minimum atomic E-state index is -1.32. The van der Waals surface area contributed by atoms with Gasteiger partial charge in [0.2, 0.25) is 0 Å². The number of carboxylic acid groups (broad SMARTS) is 2. The molecule has 1 aromatic carbocycles. The predicted molar refractivity (Wildman–Crippen MR) is 83.2 cm³/mol. The van der Waals surface area contributed by atoms with E-state index in [1.165, 1.54) is 7.05 Å². The van der Waals surface area contributed by atoms with Crippen LogP contribution < -0.4 is 5.32 Å². The Balaban J connectivity index is 2.61. The van der Waals surface area contributed by atoms with Crippen LogP contribution >= 0.6 is 15.9 Å². The Bertz CT molecular complexity index is 605. The number of hydrogen-bond acceptors (Lipinski definition) is 5. The maximum Gasteiger partial charge on any atom is 0.339 e. The Hall–Kier alpha value is -2.49. The van der Waals surface area contributed by atoms with E-state index in [4.69, 9.17) is 10.2 Å². The molecule has 1 aromatic rings. The number of amides is 2. The summed E-state index contributed by atoms with van der Waals surface area (Å²) in [4.78, 5) is 33.3. The molecule has 0 radical (unpaired) electrons. The van der Waals surface area contributed by atoms with E-state index < -0.39 is 24.0 Å². The van der Waals surface area contributed by atoms with Crippen molar-refractivity contribution in [3.8, 4) is 0 Å². The SMILES string of the molecule is CN(N=Nc1ccc(Br)cc1)C(=O)N[C@@H](CCC(=O)O)C(=O)O. The number of aliphatic carboxylic acids is 2. The van der Waals surface area contributed by atoms with Gasteiger partial charge in [0.25, 0.3) is 0 Å². The van der Waals surface area contributed by atoms with Gasteiger partial charge in [0.15, 0.2) is 0 Å². The maximum absolute atomic E-state index is 11.8. The summed E-state index contributed by atoms with van der Waals surface area (Å²) in [6.45, 7) is 0. The van der Waals surface area contributed by atoms with Gasteiger partial charge in [-0.2, -0.15) is 5.01 Å². The average Bonchev–Trinajstić information content (AvgIpc) is 2.49. The molecular weight excluding hydrogens is 372 g/mol. The van der Waals surface area contributed by atoms with E-state index in [1.807, 2.05) is 0 Å². The van der Waals surface area contributed by atoms with Gasteiger partial charge in [-0.25, -0.2) is 9.59 Å². The van der Waals surface area contributed by atoms with E-state index in [-0.39, 0.29) is 12.8 Å². The molecular formula is C13H15BrN4O5. The quantitative estimate of drug-likeness (QED) is 0.488. The molecule has 10 heteroatoms. The van der Waals surface area contributed by atoms with E-state index in [2.05, 4.69) is 31.6 Å². The summed E-state index contributed by atoms with van der Waals surface area (Å²) in [6, 6.07) is 4.73. The summed E-state index contributed by atoms with van der Waals surface area (Å²) in [6.07, 6.45) is -0.602. The van der Waals surface area contributed by atoms with Crippen molar-refractivity contribution < 1.29 is 24.6 Å². The first-order valence-corrected chi connectivity index (χ1v) is 7.25. The summed E-state index contributed by atoms with van der Waals surface area (Å²) in [7, 11) is 1.30. The van der Waals surface area contributed by atoms with Gasteiger partial charge in [-0.05, 0) is 30.7 Å². The fourth-order valence-corrected chi connectivity index (χ4v) is 1.70. The van der Waals surface area contributed by atoms with Crippen LogP contribution in [0, 0.1) is 0 Å². The molecule has 0 bridgehead atoms. The minimum absolute atomic E-state index is 0.228. The molecule has 1 atom stereocenters. The molecule has 9 nitrogen and oxygen atoms in total. The zero-order valence-corrected chi connectivity index (χ0v) is 13.7. The number of carboxylic acids is 2. The van der Waals surface area contributed by atoms with E-state index >= 15 is 0 Å². The number of urea groups is 1. The Morgan fingerprint density at radius 1 is 1.26 bits per heavy atom. The number of nitrogens with zero attached hydrogens (tertiary/aromatic N) is 3. The fraction of sp³-hybridized carbons (Fsp3) is 0.308. The van der Waals surface area contributed by atoms with Gasteiger partial charge in [-0.15, -0.1) is 5.11 Å². The third kappa shape index (κ3) is 6.87. The average molecular weight is 387 g/mol. The largest absolute Gasteiger partial charge is 0.481 e. The second kappa shape index (κ2) is 8.83. The fourth-order valence-electron chi connectivity index (χ4n) is 1.43. The number of benzene rings is 1. The van der Waals surface area contributed by atoms with Crippen LogP contribution in [-0.4, -0.2) is 46.3 Å². The normalized spacial score (nSPS) is 11.9. The first kappa shape index (κ1) is 18.6. The van der Waals surface area contributed by atoms with Crippen molar-refractivity contribution in [1.82, 2.24) is 10.3 Å². The molecule has 0 unspecified atom stereocenters. The smallest absolute Gasteiger partial charge is 0.339 e. The molecule has 124 valence electrons. The summed E-state index contributed by atoms with van der Waals surface area (Å²) in [5.74, 6) is -2.47. The molecule has 0 spiro atoms. The maximum atomic E-state index is 11.8. The summed E-state index contributed by atoms with van der Waals surface area (Å²) in [5, 5.41) is 28.0. The highest BCUT2D eigenvalue weighted by Crippen LogP contribution is 2.17. The van der Waals surface area contributed by atoms with Crippen LogP contribution in [0.1, 0.15) is 12.8 Å².